The van der Waals surface area contributed by atoms with Gasteiger partial charge in [0.2, 0.25) is 0 Å². The monoisotopic (exact) mass is 233 g/mol. The predicted octanol–water partition coefficient (Wildman–Crippen LogP) is 2.46. The molecule has 3 heteroatoms. The van der Waals surface area contributed by atoms with E-state index in [4.69, 9.17) is 9.47 Å². The highest BCUT2D eigenvalue weighted by Crippen LogP contribution is 2.33. The summed E-state index contributed by atoms with van der Waals surface area (Å²) in [6.45, 7) is 5.70. The van der Waals surface area contributed by atoms with Gasteiger partial charge in [-0.15, -0.1) is 0 Å². The van der Waals surface area contributed by atoms with E-state index in [1.165, 1.54) is 11.3 Å². The van der Waals surface area contributed by atoms with Crippen LogP contribution in [-0.4, -0.2) is 26.4 Å². The van der Waals surface area contributed by atoms with Crippen LogP contribution >= 0.6 is 0 Å². The molecule has 1 saturated heterocycles. The molecule has 2 heterocycles. The zero-order valence-electron chi connectivity index (χ0n) is 10.3. The number of nitrogens with one attached hydrogen (secondary N) is 1. The summed E-state index contributed by atoms with van der Waals surface area (Å²) >= 11 is 0. The molecule has 3 nitrogen and oxygen atoms in total. The normalized spacial score (nSPS) is 26.6. The fourth-order valence-electron chi connectivity index (χ4n) is 2.52. The number of hydrogen-bond acceptors (Lipinski definition) is 3. The number of anilines is 1. The molecule has 3 rings (SSSR count). The zero-order valence-corrected chi connectivity index (χ0v) is 10.3. The molecule has 2 aliphatic rings. The molecule has 1 N–H and O–H groups in total. The summed E-state index contributed by atoms with van der Waals surface area (Å²) in [4.78, 5) is 0. The lowest BCUT2D eigenvalue weighted by atomic mass is 9.91. The molecule has 1 aromatic rings. The molecule has 92 valence electrons. The third-order valence-electron chi connectivity index (χ3n) is 3.70. The number of benzene rings is 1. The summed E-state index contributed by atoms with van der Waals surface area (Å²) in [7, 11) is 0. The van der Waals surface area contributed by atoms with Gasteiger partial charge in [0.1, 0.15) is 5.75 Å². The fraction of sp³-hybridized carbons (Fsp3) is 0.571. The first-order valence-electron chi connectivity index (χ1n) is 6.33. The molecule has 2 aliphatic heterocycles. The molecule has 0 radical (unpaired) electrons. The highest BCUT2D eigenvalue weighted by Gasteiger charge is 2.31. The maximum atomic E-state index is 6.02. The third-order valence-corrected chi connectivity index (χ3v) is 3.70. The summed E-state index contributed by atoms with van der Waals surface area (Å²) in [6, 6.07) is 6.25. The van der Waals surface area contributed by atoms with Crippen LogP contribution in [0.4, 0.5) is 5.69 Å². The second-order valence-electron chi connectivity index (χ2n) is 5.36. The van der Waals surface area contributed by atoms with Crippen LogP contribution in [-0.2, 0) is 11.2 Å². The molecule has 17 heavy (non-hydrogen) atoms. The van der Waals surface area contributed by atoms with E-state index in [1.807, 2.05) is 0 Å². The van der Waals surface area contributed by atoms with Gasteiger partial charge >= 0.3 is 0 Å². The number of hydrogen-bond donors (Lipinski definition) is 1. The average Bonchev–Trinajstić information content (AvgIpc) is 2.95. The maximum Gasteiger partial charge on any atom is 0.124 e. The Hall–Kier alpha value is -1.22. The van der Waals surface area contributed by atoms with Gasteiger partial charge in [0.15, 0.2) is 0 Å². The summed E-state index contributed by atoms with van der Waals surface area (Å²) < 4.78 is 11.5. The van der Waals surface area contributed by atoms with Crippen LogP contribution in [0.3, 0.4) is 0 Å². The van der Waals surface area contributed by atoms with Crippen molar-refractivity contribution in [2.75, 3.05) is 31.7 Å². The van der Waals surface area contributed by atoms with E-state index in [1.54, 1.807) is 0 Å². The van der Waals surface area contributed by atoms with Crippen LogP contribution in [0.5, 0.6) is 5.75 Å². The lowest BCUT2D eigenvalue weighted by Crippen LogP contribution is -2.25. The van der Waals surface area contributed by atoms with Crippen molar-refractivity contribution in [1.82, 2.24) is 0 Å². The van der Waals surface area contributed by atoms with E-state index in [-0.39, 0.29) is 5.41 Å². The minimum atomic E-state index is 0.189. The molecule has 0 spiro atoms. The van der Waals surface area contributed by atoms with Gasteiger partial charge < -0.3 is 14.8 Å². The molecule has 0 bridgehead atoms. The van der Waals surface area contributed by atoms with Crippen LogP contribution in [0, 0.1) is 5.41 Å². The largest absolute Gasteiger partial charge is 0.493 e. The first kappa shape index (κ1) is 10.9. The minimum Gasteiger partial charge on any atom is -0.493 e. The van der Waals surface area contributed by atoms with Crippen molar-refractivity contribution in [3.05, 3.63) is 23.8 Å². The van der Waals surface area contributed by atoms with E-state index < -0.39 is 0 Å². The van der Waals surface area contributed by atoms with E-state index in [0.717, 1.165) is 45.0 Å². The second-order valence-corrected chi connectivity index (χ2v) is 5.36. The lowest BCUT2D eigenvalue weighted by molar-refractivity contribution is 0.117. The highest BCUT2D eigenvalue weighted by molar-refractivity contribution is 5.61. The Labute approximate surface area is 102 Å². The van der Waals surface area contributed by atoms with Gasteiger partial charge in [-0.25, -0.2) is 0 Å². The van der Waals surface area contributed by atoms with Crippen LogP contribution in [0.1, 0.15) is 18.9 Å². The standard InChI is InChI=1S/C14H19NO2/c1-14(6-8-16-9-14)10-17-13-4-2-3-12-11(13)5-7-15-12/h2-4,15H,5-10H2,1H3. The van der Waals surface area contributed by atoms with Crippen LogP contribution in [0.15, 0.2) is 18.2 Å². The van der Waals surface area contributed by atoms with Crippen LogP contribution < -0.4 is 10.1 Å². The number of ether oxygens (including phenoxy) is 2. The van der Waals surface area contributed by atoms with Crippen molar-refractivity contribution in [3.63, 3.8) is 0 Å². The summed E-state index contributed by atoms with van der Waals surface area (Å²) in [6.07, 6.45) is 2.17. The Bertz CT molecular complexity index is 411. The maximum absolute atomic E-state index is 6.02. The highest BCUT2D eigenvalue weighted by atomic mass is 16.5. The van der Waals surface area contributed by atoms with E-state index >= 15 is 0 Å². The lowest BCUT2D eigenvalue weighted by Gasteiger charge is -2.22. The molecule has 0 amide bonds. The van der Waals surface area contributed by atoms with Gasteiger partial charge in [-0.1, -0.05) is 13.0 Å². The van der Waals surface area contributed by atoms with Gasteiger partial charge in [0, 0.05) is 29.8 Å². The van der Waals surface area contributed by atoms with Gasteiger partial charge in [-0.2, -0.15) is 0 Å². The van der Waals surface area contributed by atoms with Crippen LogP contribution in [0.2, 0.25) is 0 Å². The second kappa shape index (κ2) is 4.22. The Morgan fingerprint density at radius 2 is 2.41 bits per heavy atom. The first-order valence-corrected chi connectivity index (χ1v) is 6.33. The van der Waals surface area contributed by atoms with E-state index in [2.05, 4.69) is 30.4 Å². The van der Waals surface area contributed by atoms with Crippen molar-refractivity contribution < 1.29 is 9.47 Å². The summed E-state index contributed by atoms with van der Waals surface area (Å²) in [5.74, 6) is 1.04. The van der Waals surface area contributed by atoms with Gasteiger partial charge in [-0.05, 0) is 25.0 Å². The third kappa shape index (κ3) is 2.12. The van der Waals surface area contributed by atoms with Crippen molar-refractivity contribution in [2.45, 2.75) is 19.8 Å². The van der Waals surface area contributed by atoms with Crippen molar-refractivity contribution in [2.24, 2.45) is 5.41 Å². The minimum absolute atomic E-state index is 0.189. The molecule has 0 aromatic heterocycles. The summed E-state index contributed by atoms with van der Waals surface area (Å²) in [5, 5.41) is 3.37. The van der Waals surface area contributed by atoms with E-state index in [9.17, 15) is 0 Å². The molecule has 1 aromatic carbocycles. The van der Waals surface area contributed by atoms with Gasteiger partial charge in [0.25, 0.3) is 0 Å². The Morgan fingerprint density at radius 1 is 1.47 bits per heavy atom. The van der Waals surface area contributed by atoms with Crippen molar-refractivity contribution in [1.29, 1.82) is 0 Å². The number of rotatable bonds is 3. The van der Waals surface area contributed by atoms with Crippen molar-refractivity contribution in [3.8, 4) is 5.75 Å². The quantitative estimate of drug-likeness (QED) is 0.870. The topological polar surface area (TPSA) is 30.5 Å². The summed E-state index contributed by atoms with van der Waals surface area (Å²) in [5.41, 5.74) is 2.75. The molecule has 0 aliphatic carbocycles. The van der Waals surface area contributed by atoms with Gasteiger partial charge in [0.05, 0.1) is 13.2 Å². The Kier molecular flexibility index (Phi) is 2.71. The fourth-order valence-corrected chi connectivity index (χ4v) is 2.52. The predicted molar refractivity (Wildman–Crippen MR) is 67.7 cm³/mol. The van der Waals surface area contributed by atoms with Gasteiger partial charge in [-0.3, -0.25) is 0 Å². The Morgan fingerprint density at radius 3 is 3.24 bits per heavy atom. The molecule has 1 fully saturated rings. The SMILES string of the molecule is CC1(COc2cccc3c2CCN3)CCOC1. The molecule has 1 unspecified atom stereocenters. The smallest absolute Gasteiger partial charge is 0.124 e. The first-order chi connectivity index (χ1) is 8.27. The molecular formula is C14H19NO2. The average molecular weight is 233 g/mol. The van der Waals surface area contributed by atoms with E-state index in [0.29, 0.717) is 0 Å². The zero-order chi connectivity index (χ0) is 11.7. The number of fused-ring (bicyclic) bond motifs is 1. The molecular weight excluding hydrogens is 214 g/mol. The molecule has 1 atom stereocenters. The van der Waals surface area contributed by atoms with Crippen molar-refractivity contribution >= 4 is 5.69 Å². The Balaban J connectivity index is 1.71. The van der Waals surface area contributed by atoms with Crippen LogP contribution in [0.25, 0.3) is 0 Å². The molecule has 0 saturated carbocycles.